The molecule has 0 bridgehead atoms. The number of nitrogens with zero attached hydrogens (tertiary/aromatic N) is 1. The Balaban J connectivity index is 1.34. The highest BCUT2D eigenvalue weighted by Gasteiger charge is 2.44. The maximum Gasteiger partial charge on any atom is 0.407 e. The van der Waals surface area contributed by atoms with Gasteiger partial charge in [0, 0.05) is 12.6 Å². The molecule has 2 heterocycles. The Hall–Kier alpha value is -2.50. The van der Waals surface area contributed by atoms with E-state index in [9.17, 15) is 18.3 Å². The second-order valence-electron chi connectivity index (χ2n) is 10.7. The molecule has 39 heavy (non-hydrogen) atoms. The summed E-state index contributed by atoms with van der Waals surface area (Å²) in [5.41, 5.74) is 0.908. The highest BCUT2D eigenvalue weighted by Crippen LogP contribution is 2.33. The SMILES string of the molecule is O=C(N[C@@H](Cc1ccccc1)[C@H](O)CN(C1CCCCC1)S(=O)(=O)c1ccccc1)OC1COC2OCCC12. The van der Waals surface area contributed by atoms with Crippen LogP contribution in [0, 0.1) is 5.92 Å². The molecule has 2 aliphatic heterocycles. The van der Waals surface area contributed by atoms with E-state index in [4.69, 9.17) is 14.2 Å². The molecule has 2 saturated heterocycles. The Morgan fingerprint density at radius 1 is 1.00 bits per heavy atom. The highest BCUT2D eigenvalue weighted by molar-refractivity contribution is 7.89. The van der Waals surface area contributed by atoms with Crippen molar-refractivity contribution in [3.8, 4) is 0 Å². The van der Waals surface area contributed by atoms with Gasteiger partial charge in [-0.05, 0) is 43.4 Å². The molecule has 10 heteroatoms. The summed E-state index contributed by atoms with van der Waals surface area (Å²) >= 11 is 0. The Labute approximate surface area is 230 Å². The molecular weight excluding hydrogens is 520 g/mol. The van der Waals surface area contributed by atoms with Crippen molar-refractivity contribution in [2.45, 2.75) is 80.4 Å². The van der Waals surface area contributed by atoms with Crippen molar-refractivity contribution >= 4 is 16.1 Å². The Morgan fingerprint density at radius 2 is 1.69 bits per heavy atom. The van der Waals surface area contributed by atoms with Gasteiger partial charge in [-0.25, -0.2) is 13.2 Å². The van der Waals surface area contributed by atoms with Gasteiger partial charge in [0.2, 0.25) is 10.0 Å². The summed E-state index contributed by atoms with van der Waals surface area (Å²) in [6.07, 6.45) is 2.90. The lowest BCUT2D eigenvalue weighted by Gasteiger charge is -2.36. The largest absolute Gasteiger partial charge is 0.443 e. The lowest BCUT2D eigenvalue weighted by Crippen LogP contribution is -2.53. The third kappa shape index (κ3) is 6.81. The molecule has 0 radical (unpaired) electrons. The standard InChI is InChI=1S/C29H38N2O7S/c32-26(19-31(22-12-6-2-7-13-22)39(34,35)23-14-8-3-9-15-23)25(18-21-10-4-1-5-11-21)30-29(33)38-27-20-37-28-24(27)16-17-36-28/h1,3-5,8-11,14-15,22,24-28,32H,2,6-7,12-13,16-20H2,(H,30,33)/t24?,25-,26+,27?,28?/m0/s1. The van der Waals surface area contributed by atoms with Crippen molar-refractivity contribution in [3.05, 3.63) is 66.2 Å². The van der Waals surface area contributed by atoms with E-state index >= 15 is 0 Å². The number of aliphatic hydroxyl groups is 1. The number of carbonyl (C=O) groups is 1. The van der Waals surface area contributed by atoms with Crippen LogP contribution in [0.2, 0.25) is 0 Å². The molecule has 0 spiro atoms. The van der Waals surface area contributed by atoms with E-state index in [1.54, 1.807) is 30.3 Å². The van der Waals surface area contributed by atoms with Gasteiger partial charge in [0.25, 0.3) is 0 Å². The molecule has 5 atom stereocenters. The summed E-state index contributed by atoms with van der Waals surface area (Å²) in [6.45, 7) is 0.698. The van der Waals surface area contributed by atoms with Crippen LogP contribution in [0.1, 0.15) is 44.1 Å². The predicted octanol–water partition coefficient (Wildman–Crippen LogP) is 3.47. The molecule has 2 N–H and O–H groups in total. The zero-order chi connectivity index (χ0) is 27.2. The second kappa shape index (κ2) is 12.8. The van der Waals surface area contributed by atoms with Gasteiger partial charge in [-0.2, -0.15) is 4.31 Å². The summed E-state index contributed by atoms with van der Waals surface area (Å²) in [5.74, 6) is -0.00828. The third-order valence-corrected chi connectivity index (χ3v) is 9.94. The van der Waals surface area contributed by atoms with Crippen molar-refractivity contribution < 1.29 is 32.5 Å². The molecule has 1 saturated carbocycles. The summed E-state index contributed by atoms with van der Waals surface area (Å²) in [5, 5.41) is 14.4. The van der Waals surface area contributed by atoms with Crippen LogP contribution < -0.4 is 5.32 Å². The van der Waals surface area contributed by atoms with Crippen LogP contribution in [-0.2, 0) is 30.7 Å². The zero-order valence-corrected chi connectivity index (χ0v) is 22.9. The van der Waals surface area contributed by atoms with Crippen molar-refractivity contribution in [2.75, 3.05) is 19.8 Å². The minimum Gasteiger partial charge on any atom is -0.443 e. The van der Waals surface area contributed by atoms with Gasteiger partial charge >= 0.3 is 6.09 Å². The van der Waals surface area contributed by atoms with Crippen LogP contribution in [0.3, 0.4) is 0 Å². The molecule has 212 valence electrons. The van der Waals surface area contributed by atoms with Gasteiger partial charge in [0.1, 0.15) is 6.10 Å². The Bertz CT molecular complexity index is 1170. The molecule has 5 rings (SSSR count). The normalized spacial score (nSPS) is 25.2. The summed E-state index contributed by atoms with van der Waals surface area (Å²) in [4.78, 5) is 13.2. The average Bonchev–Trinajstić information content (AvgIpc) is 3.58. The van der Waals surface area contributed by atoms with E-state index in [2.05, 4.69) is 5.32 Å². The molecule has 1 amide bonds. The fraction of sp³-hybridized carbons (Fsp3) is 0.552. The molecule has 2 aromatic rings. The van der Waals surface area contributed by atoms with Crippen molar-refractivity contribution in [1.82, 2.24) is 9.62 Å². The van der Waals surface area contributed by atoms with Crippen molar-refractivity contribution in [3.63, 3.8) is 0 Å². The van der Waals surface area contributed by atoms with Gasteiger partial charge in [-0.15, -0.1) is 0 Å². The van der Waals surface area contributed by atoms with E-state index in [0.29, 0.717) is 13.0 Å². The predicted molar refractivity (Wildman–Crippen MR) is 144 cm³/mol. The number of benzene rings is 2. The zero-order valence-electron chi connectivity index (χ0n) is 22.1. The number of amides is 1. The first-order chi connectivity index (χ1) is 18.9. The number of sulfonamides is 1. The summed E-state index contributed by atoms with van der Waals surface area (Å²) in [7, 11) is -3.86. The number of ether oxygens (including phenoxy) is 3. The fourth-order valence-corrected chi connectivity index (χ4v) is 7.60. The maximum atomic E-state index is 13.8. The van der Waals surface area contributed by atoms with Crippen molar-refractivity contribution in [2.24, 2.45) is 5.92 Å². The fourth-order valence-electron chi connectivity index (χ4n) is 5.87. The smallest absolute Gasteiger partial charge is 0.407 e. The van der Waals surface area contributed by atoms with Crippen LogP contribution in [0.25, 0.3) is 0 Å². The van der Waals surface area contributed by atoms with Crippen LogP contribution in [0.15, 0.2) is 65.6 Å². The van der Waals surface area contributed by atoms with Gasteiger partial charge in [-0.3, -0.25) is 0 Å². The minimum atomic E-state index is -3.86. The monoisotopic (exact) mass is 558 g/mol. The molecule has 2 aromatic carbocycles. The number of carbonyl (C=O) groups excluding carboxylic acids is 1. The maximum absolute atomic E-state index is 13.8. The van der Waals surface area contributed by atoms with Crippen LogP contribution in [0.5, 0.6) is 0 Å². The van der Waals surface area contributed by atoms with Crippen LogP contribution >= 0.6 is 0 Å². The van der Waals surface area contributed by atoms with Gasteiger partial charge in [0.05, 0.1) is 36.2 Å². The Kier molecular flexibility index (Phi) is 9.19. The summed E-state index contributed by atoms with van der Waals surface area (Å²) < 4.78 is 45.8. The van der Waals surface area contributed by atoms with Crippen molar-refractivity contribution in [1.29, 1.82) is 0 Å². The van der Waals surface area contributed by atoms with E-state index in [1.165, 1.54) is 4.31 Å². The molecule has 3 fully saturated rings. The number of aliphatic hydroxyl groups excluding tert-OH is 1. The van der Waals surface area contributed by atoms with E-state index in [1.807, 2.05) is 30.3 Å². The minimum absolute atomic E-state index is 0.00828. The van der Waals surface area contributed by atoms with E-state index < -0.39 is 34.4 Å². The first-order valence-corrected chi connectivity index (χ1v) is 15.3. The van der Waals surface area contributed by atoms with Gasteiger partial charge < -0.3 is 24.6 Å². The quantitative estimate of drug-likeness (QED) is 0.459. The number of fused-ring (bicyclic) bond motifs is 1. The molecule has 0 aromatic heterocycles. The van der Waals surface area contributed by atoms with Gasteiger partial charge in [0.15, 0.2) is 6.29 Å². The molecule has 3 unspecified atom stereocenters. The van der Waals surface area contributed by atoms with E-state index in [0.717, 1.165) is 44.1 Å². The lowest BCUT2D eigenvalue weighted by molar-refractivity contribution is -0.0907. The van der Waals surface area contributed by atoms with Crippen LogP contribution in [-0.4, -0.2) is 74.3 Å². The van der Waals surface area contributed by atoms with Gasteiger partial charge in [-0.1, -0.05) is 67.8 Å². The molecule has 9 nitrogen and oxygen atoms in total. The van der Waals surface area contributed by atoms with Crippen LogP contribution in [0.4, 0.5) is 4.79 Å². The second-order valence-corrected chi connectivity index (χ2v) is 12.5. The number of nitrogens with one attached hydrogen (secondary N) is 1. The van der Waals surface area contributed by atoms with E-state index in [-0.39, 0.29) is 36.3 Å². The number of hydrogen-bond acceptors (Lipinski definition) is 7. The number of alkyl carbamates (subject to hydrolysis) is 1. The first-order valence-electron chi connectivity index (χ1n) is 13.9. The average molecular weight is 559 g/mol. The third-order valence-electron chi connectivity index (χ3n) is 8.01. The summed E-state index contributed by atoms with van der Waals surface area (Å²) in [6, 6.07) is 16.9. The lowest BCUT2D eigenvalue weighted by atomic mass is 9.95. The number of hydrogen-bond donors (Lipinski definition) is 2. The number of rotatable bonds is 10. The Morgan fingerprint density at radius 3 is 2.41 bits per heavy atom. The molecule has 1 aliphatic carbocycles. The molecule has 3 aliphatic rings. The molecular formula is C29H38N2O7S. The highest BCUT2D eigenvalue weighted by atomic mass is 32.2. The first kappa shape index (κ1) is 28.0. The topological polar surface area (TPSA) is 114 Å².